The third-order valence-electron chi connectivity index (χ3n) is 2.94. The molecule has 3 nitrogen and oxygen atoms in total. The number of halogens is 1. The fourth-order valence-electron chi connectivity index (χ4n) is 2.10. The Hall–Kier alpha value is -1.65. The molecule has 20 heavy (non-hydrogen) atoms. The van der Waals surface area contributed by atoms with Crippen molar-refractivity contribution in [2.45, 2.75) is 13.8 Å². The predicted octanol–water partition coefficient (Wildman–Crippen LogP) is 4.97. The van der Waals surface area contributed by atoms with Gasteiger partial charge in [0, 0.05) is 20.9 Å². The molecule has 0 N–H and O–H groups in total. The molecule has 0 amide bonds. The van der Waals surface area contributed by atoms with Gasteiger partial charge in [0.2, 0.25) is 5.29 Å². The standard InChI is InChI=1S/C15H15ClN2OS/c1-9-13(11-7-5-6-8-12(11)19-4)14(10(2)20-9)18-15(16)17-3/h5-8H,3H2,1-2,4H3. The second-order valence-corrected chi connectivity index (χ2v) is 5.94. The van der Waals surface area contributed by atoms with Gasteiger partial charge in [-0.15, -0.1) is 11.3 Å². The van der Waals surface area contributed by atoms with Crippen LogP contribution in [0.5, 0.6) is 5.75 Å². The molecule has 2 rings (SSSR count). The molecule has 0 aliphatic carbocycles. The highest BCUT2D eigenvalue weighted by molar-refractivity contribution is 7.13. The zero-order chi connectivity index (χ0) is 14.7. The van der Waals surface area contributed by atoms with Gasteiger partial charge in [0.25, 0.3) is 0 Å². The molecular weight excluding hydrogens is 292 g/mol. The number of aryl methyl sites for hydroxylation is 2. The Morgan fingerprint density at radius 3 is 2.60 bits per heavy atom. The maximum Gasteiger partial charge on any atom is 0.222 e. The van der Waals surface area contributed by atoms with Crippen LogP contribution in [0, 0.1) is 13.8 Å². The van der Waals surface area contributed by atoms with Crippen LogP contribution in [0.25, 0.3) is 11.1 Å². The Morgan fingerprint density at radius 1 is 1.25 bits per heavy atom. The first-order valence-corrected chi connectivity index (χ1v) is 7.22. The van der Waals surface area contributed by atoms with Gasteiger partial charge in [-0.2, -0.15) is 0 Å². The summed E-state index contributed by atoms with van der Waals surface area (Å²) in [5.74, 6) is 0.813. The number of aliphatic imine (C=N–C) groups is 2. The molecule has 0 unspecified atom stereocenters. The number of benzene rings is 1. The quantitative estimate of drug-likeness (QED) is 0.448. The van der Waals surface area contributed by atoms with Crippen LogP contribution in [0.3, 0.4) is 0 Å². The fourth-order valence-corrected chi connectivity index (χ4v) is 3.20. The monoisotopic (exact) mass is 306 g/mol. The van der Waals surface area contributed by atoms with E-state index in [0.717, 1.165) is 27.4 Å². The summed E-state index contributed by atoms with van der Waals surface area (Å²) in [6, 6.07) is 7.87. The number of ether oxygens (including phenoxy) is 1. The highest BCUT2D eigenvalue weighted by Crippen LogP contribution is 2.45. The molecule has 0 radical (unpaired) electrons. The van der Waals surface area contributed by atoms with Crippen molar-refractivity contribution in [2.24, 2.45) is 9.98 Å². The van der Waals surface area contributed by atoms with E-state index in [1.165, 1.54) is 4.88 Å². The zero-order valence-corrected chi connectivity index (χ0v) is 13.2. The first-order valence-electron chi connectivity index (χ1n) is 6.02. The average molecular weight is 307 g/mol. The third kappa shape index (κ3) is 2.76. The maximum atomic E-state index is 5.91. The molecule has 1 heterocycles. The molecule has 0 saturated heterocycles. The van der Waals surface area contributed by atoms with E-state index in [0.29, 0.717) is 0 Å². The number of para-hydroxylation sites is 1. The molecule has 0 atom stereocenters. The highest BCUT2D eigenvalue weighted by atomic mass is 35.5. The average Bonchev–Trinajstić information content (AvgIpc) is 2.73. The van der Waals surface area contributed by atoms with Gasteiger partial charge in [-0.25, -0.2) is 9.98 Å². The molecule has 0 saturated carbocycles. The summed E-state index contributed by atoms with van der Waals surface area (Å²) in [4.78, 5) is 10.3. The number of methoxy groups -OCH3 is 1. The molecule has 0 aliphatic heterocycles. The Morgan fingerprint density at radius 2 is 1.95 bits per heavy atom. The molecule has 1 aromatic heterocycles. The Bertz CT molecular complexity index is 677. The van der Waals surface area contributed by atoms with Crippen LogP contribution in [0.1, 0.15) is 9.75 Å². The lowest BCUT2D eigenvalue weighted by atomic mass is 10.0. The zero-order valence-electron chi connectivity index (χ0n) is 11.6. The predicted molar refractivity (Wildman–Crippen MR) is 88.3 cm³/mol. The van der Waals surface area contributed by atoms with Crippen LogP contribution in [0.4, 0.5) is 5.69 Å². The maximum absolute atomic E-state index is 5.91. The summed E-state index contributed by atoms with van der Waals surface area (Å²) in [6.07, 6.45) is 0. The summed E-state index contributed by atoms with van der Waals surface area (Å²) in [5, 5.41) is 0.141. The SMILES string of the molecule is C=NC(Cl)=Nc1c(C)sc(C)c1-c1ccccc1OC. The smallest absolute Gasteiger partial charge is 0.222 e. The van der Waals surface area contributed by atoms with Crippen LogP contribution in [-0.4, -0.2) is 19.1 Å². The van der Waals surface area contributed by atoms with Gasteiger partial charge in [-0.1, -0.05) is 18.2 Å². The van der Waals surface area contributed by atoms with Gasteiger partial charge in [0.15, 0.2) is 0 Å². The third-order valence-corrected chi connectivity index (χ3v) is 4.15. The van der Waals surface area contributed by atoms with Crippen molar-refractivity contribution in [1.82, 2.24) is 0 Å². The Kier molecular flexibility index (Phi) is 4.57. The number of rotatable bonds is 3. The van der Waals surface area contributed by atoms with Crippen LogP contribution >= 0.6 is 22.9 Å². The lowest BCUT2D eigenvalue weighted by Gasteiger charge is -2.09. The van der Waals surface area contributed by atoms with Crippen molar-refractivity contribution in [3.63, 3.8) is 0 Å². The minimum Gasteiger partial charge on any atom is -0.496 e. The molecule has 0 spiro atoms. The summed E-state index contributed by atoms with van der Waals surface area (Å²) >= 11 is 7.59. The van der Waals surface area contributed by atoms with Crippen LogP contribution < -0.4 is 4.74 Å². The van der Waals surface area contributed by atoms with Gasteiger partial charge in [-0.05, 0) is 38.2 Å². The van der Waals surface area contributed by atoms with E-state index in [4.69, 9.17) is 16.3 Å². The van der Waals surface area contributed by atoms with Crippen LogP contribution in [-0.2, 0) is 0 Å². The summed E-state index contributed by atoms with van der Waals surface area (Å²) in [6.45, 7) is 7.48. The highest BCUT2D eigenvalue weighted by Gasteiger charge is 2.17. The molecule has 1 aromatic carbocycles. The summed E-state index contributed by atoms with van der Waals surface area (Å²) in [7, 11) is 1.66. The minimum absolute atomic E-state index is 0.141. The van der Waals surface area contributed by atoms with E-state index in [1.54, 1.807) is 18.4 Å². The van der Waals surface area contributed by atoms with E-state index < -0.39 is 0 Å². The molecule has 104 valence electrons. The Labute approximate surface area is 127 Å². The minimum atomic E-state index is 0.141. The van der Waals surface area contributed by atoms with Gasteiger partial charge in [-0.3, -0.25) is 0 Å². The van der Waals surface area contributed by atoms with Crippen molar-refractivity contribution in [3.05, 3.63) is 34.0 Å². The largest absolute Gasteiger partial charge is 0.496 e. The number of amidine groups is 1. The summed E-state index contributed by atoms with van der Waals surface area (Å²) in [5.41, 5.74) is 2.87. The fraction of sp³-hybridized carbons (Fsp3) is 0.200. The first kappa shape index (κ1) is 14.8. The van der Waals surface area contributed by atoms with Crippen molar-refractivity contribution >= 4 is 40.6 Å². The lowest BCUT2D eigenvalue weighted by Crippen LogP contribution is -1.88. The molecule has 2 aromatic rings. The lowest BCUT2D eigenvalue weighted by molar-refractivity contribution is 0.416. The molecule has 0 bridgehead atoms. The second-order valence-electron chi connectivity index (χ2n) is 4.18. The van der Waals surface area contributed by atoms with Crippen molar-refractivity contribution in [1.29, 1.82) is 0 Å². The number of hydrogen-bond donors (Lipinski definition) is 0. The van der Waals surface area contributed by atoms with Gasteiger partial charge >= 0.3 is 0 Å². The van der Waals surface area contributed by atoms with Crippen molar-refractivity contribution < 1.29 is 4.74 Å². The normalized spacial score (nSPS) is 11.5. The second kappa shape index (κ2) is 6.20. The molecular formula is C15H15ClN2OS. The van der Waals surface area contributed by atoms with Gasteiger partial charge in [0.1, 0.15) is 5.75 Å². The Balaban J connectivity index is 2.71. The van der Waals surface area contributed by atoms with E-state index in [2.05, 4.69) is 23.6 Å². The van der Waals surface area contributed by atoms with Crippen LogP contribution in [0.2, 0.25) is 0 Å². The van der Waals surface area contributed by atoms with Crippen molar-refractivity contribution in [2.75, 3.05) is 7.11 Å². The summed E-state index contributed by atoms with van der Waals surface area (Å²) < 4.78 is 5.44. The first-order chi connectivity index (χ1) is 9.58. The van der Waals surface area contributed by atoms with Crippen LogP contribution in [0.15, 0.2) is 34.3 Å². The van der Waals surface area contributed by atoms with Gasteiger partial charge in [0.05, 0.1) is 12.8 Å². The van der Waals surface area contributed by atoms with E-state index >= 15 is 0 Å². The van der Waals surface area contributed by atoms with E-state index in [9.17, 15) is 0 Å². The molecule has 5 heteroatoms. The number of thiophene rings is 1. The number of hydrogen-bond acceptors (Lipinski definition) is 3. The number of nitrogens with zero attached hydrogens (tertiary/aromatic N) is 2. The topological polar surface area (TPSA) is 34.0 Å². The van der Waals surface area contributed by atoms with Gasteiger partial charge < -0.3 is 4.74 Å². The van der Waals surface area contributed by atoms with E-state index in [-0.39, 0.29) is 5.29 Å². The van der Waals surface area contributed by atoms with Crippen molar-refractivity contribution in [3.8, 4) is 16.9 Å². The van der Waals surface area contributed by atoms with E-state index in [1.807, 2.05) is 31.2 Å². The molecule has 0 aliphatic rings. The molecule has 0 fully saturated rings.